The Kier molecular flexibility index (Phi) is 7.24. The molecule has 2 aromatic carbocycles. The van der Waals surface area contributed by atoms with Crippen LogP contribution in [0.3, 0.4) is 0 Å². The molecule has 2 aromatic rings. The third-order valence-electron chi connectivity index (χ3n) is 4.17. The number of nitrogens with zero attached hydrogens (tertiary/aromatic N) is 2. The third kappa shape index (κ3) is 6.00. The van der Waals surface area contributed by atoms with Crippen LogP contribution in [0.5, 0.6) is 0 Å². The fourth-order valence-electron chi connectivity index (χ4n) is 2.58. The maximum absolute atomic E-state index is 12.9. The van der Waals surface area contributed by atoms with Crippen molar-refractivity contribution in [2.45, 2.75) is 19.4 Å². The van der Waals surface area contributed by atoms with Crippen molar-refractivity contribution in [3.8, 4) is 0 Å². The van der Waals surface area contributed by atoms with Crippen molar-refractivity contribution < 1.29 is 23.6 Å². The molecule has 0 saturated carbocycles. The standard InChI is InChI=1S/C20H22FN3O5/c1-13(19(25)22-11-10-14-4-7-16(21)8-5-14)29-20(26)15-6-9-17(23(2)3)18(12-15)24(27)28/h4-9,12-13H,10-11H2,1-3H3,(H,22,25)/t13-/m0/s1. The Morgan fingerprint density at radius 1 is 1.21 bits per heavy atom. The predicted octanol–water partition coefficient (Wildman–Crippen LogP) is 2.70. The Balaban J connectivity index is 1.93. The summed E-state index contributed by atoms with van der Waals surface area (Å²) in [5, 5.41) is 13.9. The fraction of sp³-hybridized carbons (Fsp3) is 0.300. The highest BCUT2D eigenvalue weighted by atomic mass is 19.1. The van der Waals surface area contributed by atoms with E-state index in [4.69, 9.17) is 4.74 Å². The van der Waals surface area contributed by atoms with Crippen molar-refractivity contribution in [3.05, 3.63) is 69.5 Å². The van der Waals surface area contributed by atoms with Crippen molar-refractivity contribution in [1.29, 1.82) is 0 Å². The highest BCUT2D eigenvalue weighted by Gasteiger charge is 2.22. The quantitative estimate of drug-likeness (QED) is 0.413. The summed E-state index contributed by atoms with van der Waals surface area (Å²) in [6, 6.07) is 9.89. The number of hydrogen-bond acceptors (Lipinski definition) is 6. The minimum atomic E-state index is -1.08. The van der Waals surface area contributed by atoms with E-state index in [9.17, 15) is 24.1 Å². The largest absolute Gasteiger partial charge is 0.449 e. The predicted molar refractivity (Wildman–Crippen MR) is 105 cm³/mol. The topological polar surface area (TPSA) is 102 Å². The summed E-state index contributed by atoms with van der Waals surface area (Å²) >= 11 is 0. The monoisotopic (exact) mass is 403 g/mol. The second kappa shape index (κ2) is 9.63. The molecular weight excluding hydrogens is 381 g/mol. The van der Waals surface area contributed by atoms with Gasteiger partial charge < -0.3 is 15.0 Å². The SMILES string of the molecule is C[C@H](OC(=O)c1ccc(N(C)C)c([N+](=O)[O-])c1)C(=O)NCCc1ccc(F)cc1. The highest BCUT2D eigenvalue weighted by molar-refractivity contribution is 5.93. The average Bonchev–Trinajstić information content (AvgIpc) is 2.68. The molecule has 0 bridgehead atoms. The summed E-state index contributed by atoms with van der Waals surface area (Å²) in [6.07, 6.45) is -0.589. The lowest BCUT2D eigenvalue weighted by atomic mass is 10.1. The first-order valence-corrected chi connectivity index (χ1v) is 8.88. The van der Waals surface area contributed by atoms with Crippen molar-refractivity contribution >= 4 is 23.3 Å². The van der Waals surface area contributed by atoms with Gasteiger partial charge in [-0.05, 0) is 43.2 Å². The Hall–Kier alpha value is -3.49. The molecule has 0 aromatic heterocycles. The number of nitrogens with one attached hydrogen (secondary N) is 1. The smallest absolute Gasteiger partial charge is 0.339 e. The summed E-state index contributed by atoms with van der Waals surface area (Å²) in [6.45, 7) is 1.70. The van der Waals surface area contributed by atoms with E-state index in [-0.39, 0.29) is 23.6 Å². The molecule has 0 saturated heterocycles. The normalized spacial score (nSPS) is 11.4. The Morgan fingerprint density at radius 2 is 1.86 bits per heavy atom. The summed E-state index contributed by atoms with van der Waals surface area (Å²) in [5.41, 5.74) is 0.942. The van der Waals surface area contributed by atoms with Crippen LogP contribution in [0.25, 0.3) is 0 Å². The number of halogens is 1. The van der Waals surface area contributed by atoms with Crippen LogP contribution in [0.2, 0.25) is 0 Å². The number of ether oxygens (including phenoxy) is 1. The fourth-order valence-corrected chi connectivity index (χ4v) is 2.58. The molecule has 1 atom stereocenters. The number of carbonyl (C=O) groups is 2. The molecule has 0 radical (unpaired) electrons. The first-order chi connectivity index (χ1) is 13.7. The van der Waals surface area contributed by atoms with Crippen LogP contribution in [-0.2, 0) is 16.0 Å². The zero-order valence-corrected chi connectivity index (χ0v) is 16.3. The van der Waals surface area contributed by atoms with Gasteiger partial charge in [0, 0.05) is 26.7 Å². The molecule has 1 amide bonds. The number of nitro groups is 1. The van der Waals surface area contributed by atoms with E-state index in [0.29, 0.717) is 12.1 Å². The van der Waals surface area contributed by atoms with Gasteiger partial charge in [-0.1, -0.05) is 12.1 Å². The molecule has 29 heavy (non-hydrogen) atoms. The van der Waals surface area contributed by atoms with E-state index in [1.807, 2.05) is 0 Å². The molecule has 0 heterocycles. The first-order valence-electron chi connectivity index (χ1n) is 8.88. The van der Waals surface area contributed by atoms with Crippen LogP contribution < -0.4 is 10.2 Å². The molecule has 0 spiro atoms. The summed E-state index contributed by atoms with van der Waals surface area (Å²) in [5.74, 6) is -1.67. The third-order valence-corrected chi connectivity index (χ3v) is 4.17. The molecule has 0 unspecified atom stereocenters. The van der Waals surface area contributed by atoms with Crippen LogP contribution in [0, 0.1) is 15.9 Å². The average molecular weight is 403 g/mol. The Labute approximate surface area is 167 Å². The molecule has 0 aliphatic carbocycles. The van der Waals surface area contributed by atoms with Crippen LogP contribution in [0.15, 0.2) is 42.5 Å². The maximum Gasteiger partial charge on any atom is 0.339 e. The lowest BCUT2D eigenvalue weighted by Gasteiger charge is -2.15. The molecule has 8 nitrogen and oxygen atoms in total. The highest BCUT2D eigenvalue weighted by Crippen LogP contribution is 2.28. The Morgan fingerprint density at radius 3 is 2.45 bits per heavy atom. The van der Waals surface area contributed by atoms with E-state index in [0.717, 1.165) is 11.6 Å². The van der Waals surface area contributed by atoms with Gasteiger partial charge in [0.2, 0.25) is 0 Å². The number of rotatable bonds is 8. The van der Waals surface area contributed by atoms with Gasteiger partial charge in [0.05, 0.1) is 10.5 Å². The molecule has 1 N–H and O–H groups in total. The van der Waals surface area contributed by atoms with E-state index in [1.165, 1.54) is 31.2 Å². The van der Waals surface area contributed by atoms with Gasteiger partial charge in [0.1, 0.15) is 11.5 Å². The van der Waals surface area contributed by atoms with E-state index in [2.05, 4.69) is 5.32 Å². The molecule has 154 valence electrons. The van der Waals surface area contributed by atoms with Gasteiger partial charge in [0.15, 0.2) is 6.10 Å². The van der Waals surface area contributed by atoms with Gasteiger partial charge in [-0.2, -0.15) is 0 Å². The van der Waals surface area contributed by atoms with Crippen molar-refractivity contribution in [2.75, 3.05) is 25.5 Å². The molecule has 9 heteroatoms. The number of benzene rings is 2. The first kappa shape index (κ1) is 21.8. The van der Waals surface area contributed by atoms with Gasteiger partial charge in [-0.15, -0.1) is 0 Å². The lowest BCUT2D eigenvalue weighted by molar-refractivity contribution is -0.384. The Bertz CT molecular complexity index is 899. The minimum Gasteiger partial charge on any atom is -0.449 e. The van der Waals surface area contributed by atoms with E-state index in [1.54, 1.807) is 31.1 Å². The van der Waals surface area contributed by atoms with Crippen molar-refractivity contribution in [1.82, 2.24) is 5.32 Å². The minimum absolute atomic E-state index is 0.0201. The van der Waals surface area contributed by atoms with Gasteiger partial charge in [-0.25, -0.2) is 9.18 Å². The summed E-state index contributed by atoms with van der Waals surface area (Å²) in [7, 11) is 3.30. The van der Waals surface area contributed by atoms with Gasteiger partial charge in [-0.3, -0.25) is 14.9 Å². The van der Waals surface area contributed by atoms with Crippen LogP contribution >= 0.6 is 0 Å². The molecule has 0 aliphatic rings. The number of esters is 1. The second-order valence-electron chi connectivity index (χ2n) is 6.57. The lowest BCUT2D eigenvalue weighted by Crippen LogP contribution is -2.36. The maximum atomic E-state index is 12.9. The summed E-state index contributed by atoms with van der Waals surface area (Å²) in [4.78, 5) is 36.6. The summed E-state index contributed by atoms with van der Waals surface area (Å²) < 4.78 is 18.0. The van der Waals surface area contributed by atoms with Crippen molar-refractivity contribution in [3.63, 3.8) is 0 Å². The number of amides is 1. The molecule has 0 aliphatic heterocycles. The van der Waals surface area contributed by atoms with E-state index >= 15 is 0 Å². The molecular formula is C20H22FN3O5. The van der Waals surface area contributed by atoms with Crippen LogP contribution in [0.4, 0.5) is 15.8 Å². The number of nitro benzene ring substituents is 1. The number of anilines is 1. The number of carbonyl (C=O) groups excluding carboxylic acids is 2. The second-order valence-corrected chi connectivity index (χ2v) is 6.57. The van der Waals surface area contributed by atoms with Gasteiger partial charge >= 0.3 is 5.97 Å². The molecule has 2 rings (SSSR count). The number of hydrogen-bond donors (Lipinski definition) is 1. The zero-order valence-electron chi connectivity index (χ0n) is 16.3. The van der Waals surface area contributed by atoms with Gasteiger partial charge in [0.25, 0.3) is 11.6 Å². The van der Waals surface area contributed by atoms with Crippen LogP contribution in [-0.4, -0.2) is 43.5 Å². The molecule has 0 fully saturated rings. The van der Waals surface area contributed by atoms with Crippen LogP contribution in [0.1, 0.15) is 22.8 Å². The van der Waals surface area contributed by atoms with E-state index < -0.39 is 22.9 Å². The zero-order chi connectivity index (χ0) is 21.6. The van der Waals surface area contributed by atoms with Crippen molar-refractivity contribution in [2.24, 2.45) is 0 Å².